The SMILES string of the molecule is O=S(=O)(O)Nc1nc(Cl)cc(Cl)n1.[H-].[Na+]. The van der Waals surface area contributed by atoms with Gasteiger partial charge in [0.25, 0.3) is 0 Å². The molecular weight excluding hydrogens is 264 g/mol. The summed E-state index contributed by atoms with van der Waals surface area (Å²) in [7, 11) is -4.40. The van der Waals surface area contributed by atoms with Crippen molar-refractivity contribution in [3.8, 4) is 0 Å². The molecule has 1 rings (SSSR count). The van der Waals surface area contributed by atoms with Gasteiger partial charge in [0.2, 0.25) is 5.95 Å². The standard InChI is InChI=1S/C4H3Cl2N3O3S.Na.H/c5-2-1-3(6)8-4(7-2)9-13(10,11)12;;/h1H,(H,7,8,9)(H,10,11,12);;/q;+1;-1. The zero-order valence-electron chi connectivity index (χ0n) is 7.90. The van der Waals surface area contributed by atoms with E-state index in [1.54, 1.807) is 4.72 Å². The Morgan fingerprint density at radius 3 is 2.14 bits per heavy atom. The Bertz CT molecular complexity index is 411. The van der Waals surface area contributed by atoms with Gasteiger partial charge in [-0.25, -0.2) is 14.7 Å². The Morgan fingerprint density at radius 1 is 1.36 bits per heavy atom. The molecule has 0 fully saturated rings. The molecule has 1 heterocycles. The molecule has 1 aromatic heterocycles. The topological polar surface area (TPSA) is 92.2 Å². The maximum absolute atomic E-state index is 10.3. The largest absolute Gasteiger partial charge is 1.00 e. The van der Waals surface area contributed by atoms with Crippen LogP contribution in [0.2, 0.25) is 10.3 Å². The Labute approximate surface area is 114 Å². The second-order valence-corrected chi connectivity index (χ2v) is 3.84. The van der Waals surface area contributed by atoms with E-state index in [-0.39, 0.29) is 47.2 Å². The van der Waals surface area contributed by atoms with E-state index in [0.717, 1.165) is 0 Å². The molecule has 0 aliphatic rings. The van der Waals surface area contributed by atoms with Crippen LogP contribution in [0.4, 0.5) is 5.95 Å². The van der Waals surface area contributed by atoms with Crippen molar-refractivity contribution in [1.29, 1.82) is 0 Å². The zero-order chi connectivity index (χ0) is 10.1. The molecule has 74 valence electrons. The van der Waals surface area contributed by atoms with Crippen LogP contribution in [-0.2, 0) is 10.3 Å². The third-order valence-electron chi connectivity index (χ3n) is 0.884. The second kappa shape index (κ2) is 5.45. The summed E-state index contributed by atoms with van der Waals surface area (Å²) in [6.07, 6.45) is 0. The minimum atomic E-state index is -4.40. The molecule has 0 spiro atoms. The van der Waals surface area contributed by atoms with E-state index in [1.807, 2.05) is 0 Å². The number of anilines is 1. The first-order chi connectivity index (χ1) is 5.87. The molecular formula is C4H4Cl2N3NaO3S. The van der Waals surface area contributed by atoms with E-state index >= 15 is 0 Å². The van der Waals surface area contributed by atoms with Crippen LogP contribution in [0.15, 0.2) is 6.07 Å². The number of halogens is 2. The molecule has 14 heavy (non-hydrogen) atoms. The molecule has 0 aliphatic heterocycles. The average molecular weight is 268 g/mol. The predicted molar refractivity (Wildman–Crippen MR) is 48.3 cm³/mol. The van der Waals surface area contributed by atoms with Crippen LogP contribution < -0.4 is 34.3 Å². The van der Waals surface area contributed by atoms with Crippen LogP contribution in [0.1, 0.15) is 1.43 Å². The quantitative estimate of drug-likeness (QED) is 0.372. The van der Waals surface area contributed by atoms with Gasteiger partial charge < -0.3 is 1.43 Å². The fraction of sp³-hybridized carbons (Fsp3) is 0. The smallest absolute Gasteiger partial charge is 1.00 e. The summed E-state index contributed by atoms with van der Waals surface area (Å²) < 4.78 is 30.6. The number of aromatic nitrogens is 2. The normalized spacial score (nSPS) is 10.5. The van der Waals surface area contributed by atoms with Crippen LogP contribution in [0.5, 0.6) is 0 Å². The first-order valence-electron chi connectivity index (χ1n) is 2.82. The summed E-state index contributed by atoms with van der Waals surface area (Å²) >= 11 is 10.9. The van der Waals surface area contributed by atoms with Gasteiger partial charge in [0.05, 0.1) is 0 Å². The summed E-state index contributed by atoms with van der Waals surface area (Å²) in [5.41, 5.74) is 0. The van der Waals surface area contributed by atoms with Gasteiger partial charge in [-0.05, 0) is 0 Å². The van der Waals surface area contributed by atoms with Gasteiger partial charge in [0, 0.05) is 6.07 Å². The third kappa shape index (κ3) is 5.30. The number of nitrogens with one attached hydrogen (secondary N) is 1. The monoisotopic (exact) mass is 267 g/mol. The summed E-state index contributed by atoms with van der Waals surface area (Å²) in [6.45, 7) is 0. The molecule has 0 saturated carbocycles. The van der Waals surface area contributed by atoms with Crippen molar-refractivity contribution in [2.45, 2.75) is 0 Å². The molecule has 1 aromatic rings. The van der Waals surface area contributed by atoms with Crippen LogP contribution in [0, 0.1) is 0 Å². The molecule has 0 atom stereocenters. The first-order valence-corrected chi connectivity index (χ1v) is 5.02. The van der Waals surface area contributed by atoms with Crippen molar-refractivity contribution >= 4 is 39.5 Å². The molecule has 0 saturated heterocycles. The maximum atomic E-state index is 10.3. The van der Waals surface area contributed by atoms with Gasteiger partial charge in [0.1, 0.15) is 10.3 Å². The zero-order valence-corrected chi connectivity index (χ0v) is 11.2. The van der Waals surface area contributed by atoms with E-state index in [0.29, 0.717) is 0 Å². The number of hydrogen-bond acceptors (Lipinski definition) is 4. The number of hydrogen-bond donors (Lipinski definition) is 2. The summed E-state index contributed by atoms with van der Waals surface area (Å²) in [6, 6.07) is 1.22. The van der Waals surface area contributed by atoms with Crippen molar-refractivity contribution in [2.75, 3.05) is 4.72 Å². The molecule has 0 bridgehead atoms. The van der Waals surface area contributed by atoms with Crippen molar-refractivity contribution in [2.24, 2.45) is 0 Å². The van der Waals surface area contributed by atoms with E-state index in [9.17, 15) is 8.42 Å². The summed E-state index contributed by atoms with van der Waals surface area (Å²) in [5, 5.41) is -0.0719. The number of rotatable bonds is 2. The Balaban J connectivity index is 0. The summed E-state index contributed by atoms with van der Waals surface area (Å²) in [5.74, 6) is -0.389. The van der Waals surface area contributed by atoms with Gasteiger partial charge in [-0.2, -0.15) is 8.42 Å². The van der Waals surface area contributed by atoms with Gasteiger partial charge in [-0.1, -0.05) is 23.2 Å². The molecule has 0 unspecified atom stereocenters. The molecule has 10 heteroatoms. The van der Waals surface area contributed by atoms with E-state index in [1.165, 1.54) is 6.07 Å². The third-order valence-corrected chi connectivity index (χ3v) is 1.71. The Hall–Kier alpha value is 0.370. The molecule has 0 amide bonds. The number of nitrogens with zero attached hydrogens (tertiary/aromatic N) is 2. The minimum absolute atomic E-state index is 0. The summed E-state index contributed by atoms with van der Waals surface area (Å²) in [4.78, 5) is 6.88. The van der Waals surface area contributed by atoms with Gasteiger partial charge in [-0.3, -0.25) is 4.55 Å². The molecule has 2 N–H and O–H groups in total. The predicted octanol–water partition coefficient (Wildman–Crippen LogP) is -1.89. The average Bonchev–Trinajstić information content (AvgIpc) is 1.78. The minimum Gasteiger partial charge on any atom is -1.00 e. The van der Waals surface area contributed by atoms with Gasteiger partial charge in [0.15, 0.2) is 0 Å². The molecule has 0 aliphatic carbocycles. The van der Waals surface area contributed by atoms with Crippen LogP contribution in [-0.4, -0.2) is 22.9 Å². The molecule has 0 aromatic carbocycles. The molecule has 0 radical (unpaired) electrons. The Morgan fingerprint density at radius 2 is 1.79 bits per heavy atom. The van der Waals surface area contributed by atoms with E-state index in [2.05, 4.69) is 9.97 Å². The van der Waals surface area contributed by atoms with Crippen LogP contribution >= 0.6 is 23.2 Å². The first kappa shape index (κ1) is 14.4. The maximum Gasteiger partial charge on any atom is 1.00 e. The second-order valence-electron chi connectivity index (χ2n) is 1.91. The fourth-order valence-corrected chi connectivity index (χ4v) is 1.30. The Kier molecular flexibility index (Phi) is 5.60. The molecule has 6 nitrogen and oxygen atoms in total. The van der Waals surface area contributed by atoms with Gasteiger partial charge in [-0.15, -0.1) is 0 Å². The van der Waals surface area contributed by atoms with Crippen LogP contribution in [0.3, 0.4) is 0 Å². The van der Waals surface area contributed by atoms with Gasteiger partial charge >= 0.3 is 39.9 Å². The van der Waals surface area contributed by atoms with Crippen molar-refractivity contribution < 1.29 is 44.0 Å². The van der Waals surface area contributed by atoms with Crippen molar-refractivity contribution in [3.05, 3.63) is 16.4 Å². The van der Waals surface area contributed by atoms with Crippen LogP contribution in [0.25, 0.3) is 0 Å². The van der Waals surface area contributed by atoms with Crippen molar-refractivity contribution in [1.82, 2.24) is 9.97 Å². The van der Waals surface area contributed by atoms with E-state index < -0.39 is 10.3 Å². The van der Waals surface area contributed by atoms with E-state index in [4.69, 9.17) is 27.8 Å². The fourth-order valence-electron chi connectivity index (χ4n) is 0.551. The van der Waals surface area contributed by atoms with Crippen molar-refractivity contribution in [3.63, 3.8) is 0 Å².